The van der Waals surface area contributed by atoms with Crippen LogP contribution in [0.3, 0.4) is 0 Å². The fourth-order valence-corrected chi connectivity index (χ4v) is 2.59. The van der Waals surface area contributed by atoms with Crippen molar-refractivity contribution in [2.75, 3.05) is 13.1 Å². The van der Waals surface area contributed by atoms with Crippen molar-refractivity contribution < 1.29 is 9.53 Å². The second-order valence-corrected chi connectivity index (χ2v) is 6.51. The minimum Gasteiger partial charge on any atom is -0.445 e. The van der Waals surface area contributed by atoms with E-state index in [0.717, 1.165) is 24.3 Å². The third-order valence-corrected chi connectivity index (χ3v) is 3.75. The number of carbonyl (C=O) groups excluding carboxylic acids is 1. The smallest absolute Gasteiger partial charge is 0.261 e. The highest BCUT2D eigenvalue weighted by molar-refractivity contribution is 5.96. The van der Waals surface area contributed by atoms with E-state index in [0.29, 0.717) is 12.4 Å². The van der Waals surface area contributed by atoms with E-state index in [1.54, 1.807) is 4.90 Å². The lowest BCUT2D eigenvalue weighted by molar-refractivity contribution is -0.132. The van der Waals surface area contributed by atoms with Gasteiger partial charge in [-0.05, 0) is 41.2 Å². The summed E-state index contributed by atoms with van der Waals surface area (Å²) in [4.78, 5) is 16.5. The molecule has 19 heavy (non-hydrogen) atoms. The number of nitrogens with zero attached hydrogens (tertiary/aromatic N) is 2. The molecule has 2 rings (SSSR count). The van der Waals surface area contributed by atoms with E-state index in [2.05, 4.69) is 32.3 Å². The molecule has 0 bridgehead atoms. The summed E-state index contributed by atoms with van der Waals surface area (Å²) in [6.45, 7) is 15.9. The van der Waals surface area contributed by atoms with Crippen molar-refractivity contribution in [2.24, 2.45) is 0 Å². The molecule has 2 heterocycles. The van der Waals surface area contributed by atoms with Gasteiger partial charge in [-0.1, -0.05) is 0 Å². The number of ether oxygens (including phenoxy) is 1. The van der Waals surface area contributed by atoms with E-state index in [-0.39, 0.29) is 17.5 Å². The second kappa shape index (κ2) is 4.67. The summed E-state index contributed by atoms with van der Waals surface area (Å²) in [5, 5.41) is 0. The Morgan fingerprint density at radius 3 is 2.47 bits per heavy atom. The largest absolute Gasteiger partial charge is 0.445 e. The van der Waals surface area contributed by atoms with Gasteiger partial charge in [0.2, 0.25) is 0 Å². The van der Waals surface area contributed by atoms with Gasteiger partial charge in [0.05, 0.1) is 5.57 Å². The van der Waals surface area contributed by atoms with Gasteiger partial charge in [-0.3, -0.25) is 14.6 Å². The average molecular weight is 264 g/mol. The van der Waals surface area contributed by atoms with Crippen LogP contribution in [0.1, 0.15) is 41.0 Å². The maximum Gasteiger partial charge on any atom is 0.261 e. The van der Waals surface area contributed by atoms with Crippen LogP contribution in [-0.4, -0.2) is 40.4 Å². The van der Waals surface area contributed by atoms with Gasteiger partial charge in [0, 0.05) is 31.1 Å². The molecule has 0 saturated carbocycles. The normalized spacial score (nSPS) is 21.9. The molecule has 0 spiro atoms. The molecule has 1 amide bonds. The molecule has 0 fully saturated rings. The zero-order chi connectivity index (χ0) is 14.4. The first kappa shape index (κ1) is 14.1. The molecular weight excluding hydrogens is 240 g/mol. The van der Waals surface area contributed by atoms with E-state index in [4.69, 9.17) is 4.74 Å². The van der Waals surface area contributed by atoms with Gasteiger partial charge in [-0.15, -0.1) is 0 Å². The van der Waals surface area contributed by atoms with E-state index >= 15 is 0 Å². The number of amides is 1. The molecule has 106 valence electrons. The van der Waals surface area contributed by atoms with Crippen molar-refractivity contribution in [3.8, 4) is 0 Å². The highest BCUT2D eigenvalue weighted by Crippen LogP contribution is 2.32. The average Bonchev–Trinajstić information content (AvgIpc) is 2.26. The van der Waals surface area contributed by atoms with Crippen LogP contribution < -0.4 is 0 Å². The van der Waals surface area contributed by atoms with Crippen molar-refractivity contribution in [2.45, 2.75) is 52.6 Å². The first-order valence-electron chi connectivity index (χ1n) is 6.89. The van der Waals surface area contributed by atoms with Crippen molar-refractivity contribution in [1.82, 2.24) is 9.80 Å². The van der Waals surface area contributed by atoms with Crippen LogP contribution in [0, 0.1) is 0 Å². The third kappa shape index (κ3) is 2.54. The first-order chi connectivity index (χ1) is 8.71. The molecule has 0 aromatic carbocycles. The SMILES string of the molecule is C=C1OC2=C(CN(C(C)(C)C)CC2)C(=O)N1C(C)C. The minimum atomic E-state index is 0.0511. The van der Waals surface area contributed by atoms with Gasteiger partial charge in [0.1, 0.15) is 5.76 Å². The van der Waals surface area contributed by atoms with Gasteiger partial charge >= 0.3 is 0 Å². The summed E-state index contributed by atoms with van der Waals surface area (Å²) < 4.78 is 5.76. The Bertz CT molecular complexity index is 444. The van der Waals surface area contributed by atoms with E-state index in [1.807, 2.05) is 13.8 Å². The number of carbonyl (C=O) groups is 1. The molecule has 0 radical (unpaired) electrons. The Morgan fingerprint density at radius 2 is 1.95 bits per heavy atom. The second-order valence-electron chi connectivity index (χ2n) is 6.51. The summed E-state index contributed by atoms with van der Waals surface area (Å²) in [6.07, 6.45) is 0.781. The molecule has 4 heteroatoms. The monoisotopic (exact) mass is 264 g/mol. The maximum absolute atomic E-state index is 12.6. The van der Waals surface area contributed by atoms with Crippen LogP contribution >= 0.6 is 0 Å². The Balaban J connectivity index is 2.29. The predicted octanol–water partition coefficient (Wildman–Crippen LogP) is 2.48. The summed E-state index contributed by atoms with van der Waals surface area (Å²) in [7, 11) is 0. The standard InChI is InChI=1S/C15H24N2O2/c1-10(2)17-11(3)19-13-7-8-16(15(4,5)6)9-12(13)14(17)18/h10H,3,7-9H2,1-2,4-6H3. The Morgan fingerprint density at radius 1 is 1.32 bits per heavy atom. The molecule has 2 aliphatic heterocycles. The van der Waals surface area contributed by atoms with Crippen molar-refractivity contribution in [3.05, 3.63) is 23.8 Å². The zero-order valence-electron chi connectivity index (χ0n) is 12.6. The van der Waals surface area contributed by atoms with E-state index < -0.39 is 0 Å². The van der Waals surface area contributed by atoms with E-state index in [9.17, 15) is 4.79 Å². The third-order valence-electron chi connectivity index (χ3n) is 3.75. The Hall–Kier alpha value is -1.29. The Kier molecular flexibility index (Phi) is 3.47. The molecule has 0 aromatic rings. The van der Waals surface area contributed by atoms with Crippen LogP contribution in [0.2, 0.25) is 0 Å². The summed E-state index contributed by atoms with van der Waals surface area (Å²) in [5.41, 5.74) is 0.859. The van der Waals surface area contributed by atoms with Crippen molar-refractivity contribution >= 4 is 5.91 Å². The van der Waals surface area contributed by atoms with Gasteiger partial charge in [0.15, 0.2) is 5.88 Å². The van der Waals surface area contributed by atoms with Gasteiger partial charge in [-0.2, -0.15) is 0 Å². The Labute approximate surface area is 115 Å². The van der Waals surface area contributed by atoms with E-state index in [1.165, 1.54) is 0 Å². The highest BCUT2D eigenvalue weighted by Gasteiger charge is 2.38. The first-order valence-corrected chi connectivity index (χ1v) is 6.89. The molecule has 0 saturated heterocycles. The van der Waals surface area contributed by atoms with Crippen molar-refractivity contribution in [3.63, 3.8) is 0 Å². The minimum absolute atomic E-state index is 0.0511. The lowest BCUT2D eigenvalue weighted by Gasteiger charge is -2.43. The number of rotatable bonds is 1. The quantitative estimate of drug-likeness (QED) is 0.729. The molecule has 0 N–H and O–H groups in total. The molecule has 0 unspecified atom stereocenters. The van der Waals surface area contributed by atoms with Crippen LogP contribution in [0.5, 0.6) is 0 Å². The van der Waals surface area contributed by atoms with Gasteiger partial charge in [-0.25, -0.2) is 0 Å². The zero-order valence-corrected chi connectivity index (χ0v) is 12.6. The summed E-state index contributed by atoms with van der Waals surface area (Å²) in [6, 6.07) is 0.0686. The fraction of sp³-hybridized carbons (Fsp3) is 0.667. The number of hydrogen-bond donors (Lipinski definition) is 0. The molecule has 4 nitrogen and oxygen atoms in total. The fourth-order valence-electron chi connectivity index (χ4n) is 2.59. The molecule has 0 aromatic heterocycles. The topological polar surface area (TPSA) is 32.8 Å². The molecule has 0 atom stereocenters. The van der Waals surface area contributed by atoms with Crippen LogP contribution in [-0.2, 0) is 9.53 Å². The van der Waals surface area contributed by atoms with Crippen LogP contribution in [0.15, 0.2) is 23.8 Å². The summed E-state index contributed by atoms with van der Waals surface area (Å²) >= 11 is 0. The van der Waals surface area contributed by atoms with Crippen LogP contribution in [0.25, 0.3) is 0 Å². The van der Waals surface area contributed by atoms with Gasteiger partial charge in [0.25, 0.3) is 5.91 Å². The lowest BCUT2D eigenvalue weighted by atomic mass is 9.98. The van der Waals surface area contributed by atoms with Crippen molar-refractivity contribution in [1.29, 1.82) is 0 Å². The van der Waals surface area contributed by atoms with Gasteiger partial charge < -0.3 is 4.74 Å². The highest BCUT2D eigenvalue weighted by atomic mass is 16.5. The van der Waals surface area contributed by atoms with Crippen LogP contribution in [0.4, 0.5) is 0 Å². The molecular formula is C15H24N2O2. The maximum atomic E-state index is 12.6. The molecule has 0 aliphatic carbocycles. The predicted molar refractivity (Wildman–Crippen MR) is 75.2 cm³/mol. The summed E-state index contributed by atoms with van der Waals surface area (Å²) in [5.74, 6) is 1.32. The number of hydrogen-bond acceptors (Lipinski definition) is 3. The lowest BCUT2D eigenvalue weighted by Crippen LogP contribution is -2.50. The molecule has 2 aliphatic rings.